The molecule has 6 nitrogen and oxygen atoms in total. The minimum absolute atomic E-state index is 0.0377. The molecular weight excluding hydrogens is 302 g/mol. The molecule has 1 aromatic carbocycles. The van der Waals surface area contributed by atoms with Crippen molar-refractivity contribution in [3.05, 3.63) is 32.8 Å². The van der Waals surface area contributed by atoms with Crippen molar-refractivity contribution in [2.45, 2.75) is 6.10 Å². The van der Waals surface area contributed by atoms with Gasteiger partial charge in [0, 0.05) is 23.2 Å². The van der Waals surface area contributed by atoms with E-state index >= 15 is 0 Å². The smallest absolute Gasteiger partial charge is 0.270 e. The molecule has 1 aliphatic rings. The molecule has 1 unspecified atom stereocenters. The fourth-order valence-corrected chi connectivity index (χ4v) is 2.43. The zero-order chi connectivity index (χ0) is 13.1. The lowest BCUT2D eigenvalue weighted by Crippen LogP contribution is -2.42. The highest BCUT2D eigenvalue weighted by molar-refractivity contribution is 9.10. The van der Waals surface area contributed by atoms with Gasteiger partial charge in [-0.3, -0.25) is 10.1 Å². The second kappa shape index (κ2) is 5.33. The monoisotopic (exact) mass is 311 g/mol. The predicted octanol–water partition coefficient (Wildman–Crippen LogP) is 2.09. The summed E-state index contributed by atoms with van der Waals surface area (Å²) in [6, 6.07) is 6.67. The fourth-order valence-electron chi connectivity index (χ4n) is 1.81. The molecule has 7 heteroatoms. The lowest BCUT2D eigenvalue weighted by atomic mass is 10.2. The first kappa shape index (κ1) is 12.8. The summed E-state index contributed by atoms with van der Waals surface area (Å²) in [4.78, 5) is 12.2. The molecule has 2 rings (SSSR count). The molecule has 0 spiro atoms. The van der Waals surface area contributed by atoms with Crippen LogP contribution in [0.5, 0.6) is 0 Å². The summed E-state index contributed by atoms with van der Waals surface area (Å²) in [6.45, 7) is 1.60. The number of rotatable bonds is 2. The summed E-state index contributed by atoms with van der Waals surface area (Å²) in [5, 5.41) is 19.5. The Bertz CT molecular complexity index is 515. The van der Waals surface area contributed by atoms with Crippen molar-refractivity contribution < 1.29 is 9.66 Å². The van der Waals surface area contributed by atoms with Crippen molar-refractivity contribution in [2.75, 3.05) is 24.6 Å². The average molecular weight is 312 g/mol. The van der Waals surface area contributed by atoms with Gasteiger partial charge in [-0.15, -0.1) is 0 Å². The van der Waals surface area contributed by atoms with Crippen molar-refractivity contribution in [1.29, 1.82) is 5.26 Å². The van der Waals surface area contributed by atoms with Gasteiger partial charge in [0.1, 0.15) is 0 Å². The topological polar surface area (TPSA) is 79.4 Å². The first-order valence-corrected chi connectivity index (χ1v) is 6.11. The molecule has 1 fully saturated rings. The summed E-state index contributed by atoms with van der Waals surface area (Å²) >= 11 is 3.32. The number of morpholine rings is 1. The molecule has 1 aromatic rings. The van der Waals surface area contributed by atoms with Crippen molar-refractivity contribution in [3.8, 4) is 6.07 Å². The van der Waals surface area contributed by atoms with E-state index in [9.17, 15) is 10.1 Å². The van der Waals surface area contributed by atoms with Gasteiger partial charge in [-0.05, 0) is 22.0 Å². The molecule has 94 valence electrons. The van der Waals surface area contributed by atoms with E-state index in [1.807, 2.05) is 4.90 Å². The molecule has 0 aliphatic carbocycles. The lowest BCUT2D eigenvalue weighted by molar-refractivity contribution is -0.384. The molecule has 0 N–H and O–H groups in total. The van der Waals surface area contributed by atoms with E-state index < -0.39 is 11.0 Å². The summed E-state index contributed by atoms with van der Waals surface area (Å²) in [6.07, 6.45) is -0.458. The van der Waals surface area contributed by atoms with Crippen molar-refractivity contribution in [1.82, 2.24) is 0 Å². The van der Waals surface area contributed by atoms with Crippen LogP contribution in [0, 0.1) is 21.4 Å². The second-order valence-corrected chi connectivity index (χ2v) is 4.68. The van der Waals surface area contributed by atoms with Crippen LogP contribution in [0.25, 0.3) is 0 Å². The number of anilines is 1. The molecular formula is C11H10BrN3O3. The maximum atomic E-state index is 10.6. The normalized spacial score (nSPS) is 19.3. The standard InChI is InChI=1S/C11H10BrN3O3/c12-10-5-8(15(16)17)1-2-11(10)14-3-4-18-9(6-13)7-14/h1-2,5,9H,3-4,7H2. The van der Waals surface area contributed by atoms with E-state index in [2.05, 4.69) is 22.0 Å². The largest absolute Gasteiger partial charge is 0.365 e. The van der Waals surface area contributed by atoms with Gasteiger partial charge in [0.15, 0.2) is 6.10 Å². The van der Waals surface area contributed by atoms with Crippen molar-refractivity contribution >= 4 is 27.3 Å². The maximum absolute atomic E-state index is 10.6. The number of halogens is 1. The zero-order valence-corrected chi connectivity index (χ0v) is 11.0. The molecule has 0 saturated carbocycles. The summed E-state index contributed by atoms with van der Waals surface area (Å²) in [5.41, 5.74) is 0.875. The molecule has 0 aromatic heterocycles. The van der Waals surface area contributed by atoms with E-state index in [4.69, 9.17) is 10.00 Å². The number of benzene rings is 1. The Hall–Kier alpha value is -1.65. The Morgan fingerprint density at radius 3 is 3.00 bits per heavy atom. The Kier molecular flexibility index (Phi) is 3.79. The lowest BCUT2D eigenvalue weighted by Gasteiger charge is -2.32. The Morgan fingerprint density at radius 2 is 2.39 bits per heavy atom. The van der Waals surface area contributed by atoms with Crippen LogP contribution in [0.3, 0.4) is 0 Å². The van der Waals surface area contributed by atoms with E-state index in [0.717, 1.165) is 5.69 Å². The van der Waals surface area contributed by atoms with Gasteiger partial charge >= 0.3 is 0 Å². The number of nitrogens with zero attached hydrogens (tertiary/aromatic N) is 3. The van der Waals surface area contributed by atoms with Gasteiger partial charge in [-0.2, -0.15) is 5.26 Å². The van der Waals surface area contributed by atoms with Crippen LogP contribution in [0.15, 0.2) is 22.7 Å². The summed E-state index contributed by atoms with van der Waals surface area (Å²) in [7, 11) is 0. The van der Waals surface area contributed by atoms with Gasteiger partial charge in [-0.25, -0.2) is 0 Å². The maximum Gasteiger partial charge on any atom is 0.270 e. The number of ether oxygens (including phenoxy) is 1. The van der Waals surface area contributed by atoms with Gasteiger partial charge in [0.2, 0.25) is 0 Å². The number of nitriles is 1. The van der Waals surface area contributed by atoms with Crippen LogP contribution < -0.4 is 4.90 Å². The number of nitro benzene ring substituents is 1. The van der Waals surface area contributed by atoms with Crippen LogP contribution in [0.4, 0.5) is 11.4 Å². The highest BCUT2D eigenvalue weighted by atomic mass is 79.9. The minimum atomic E-state index is -0.458. The van der Waals surface area contributed by atoms with E-state index in [1.54, 1.807) is 6.07 Å². The molecule has 1 atom stereocenters. The van der Waals surface area contributed by atoms with Gasteiger partial charge in [0.25, 0.3) is 5.69 Å². The van der Waals surface area contributed by atoms with Crippen LogP contribution in [-0.2, 0) is 4.74 Å². The molecule has 1 aliphatic heterocycles. The number of hydrogen-bond acceptors (Lipinski definition) is 5. The third-order valence-corrected chi connectivity index (χ3v) is 3.33. The fraction of sp³-hybridized carbons (Fsp3) is 0.364. The van der Waals surface area contributed by atoms with Crippen molar-refractivity contribution in [3.63, 3.8) is 0 Å². The highest BCUT2D eigenvalue weighted by Gasteiger charge is 2.22. The summed E-state index contributed by atoms with van der Waals surface area (Å²) in [5.74, 6) is 0. The molecule has 1 heterocycles. The quantitative estimate of drug-likeness (QED) is 0.617. The molecule has 0 radical (unpaired) electrons. The number of nitro groups is 1. The van der Waals surface area contributed by atoms with Gasteiger partial charge in [0.05, 0.1) is 29.8 Å². The van der Waals surface area contributed by atoms with Crippen molar-refractivity contribution in [2.24, 2.45) is 0 Å². The van der Waals surface area contributed by atoms with E-state index in [-0.39, 0.29) is 5.69 Å². The third kappa shape index (κ3) is 2.60. The van der Waals surface area contributed by atoms with Gasteiger partial charge < -0.3 is 9.64 Å². The zero-order valence-electron chi connectivity index (χ0n) is 9.38. The average Bonchev–Trinajstić information content (AvgIpc) is 2.38. The minimum Gasteiger partial charge on any atom is -0.365 e. The molecule has 0 bridgehead atoms. The van der Waals surface area contributed by atoms with Crippen LogP contribution >= 0.6 is 15.9 Å². The highest BCUT2D eigenvalue weighted by Crippen LogP contribution is 2.31. The summed E-state index contributed by atoms with van der Waals surface area (Å²) < 4.78 is 5.90. The Balaban J connectivity index is 2.23. The second-order valence-electron chi connectivity index (χ2n) is 3.83. The van der Waals surface area contributed by atoms with E-state index in [1.165, 1.54) is 12.1 Å². The molecule has 0 amide bonds. The first-order chi connectivity index (χ1) is 8.61. The Morgan fingerprint density at radius 1 is 1.61 bits per heavy atom. The predicted molar refractivity (Wildman–Crippen MR) is 68.4 cm³/mol. The van der Waals surface area contributed by atoms with E-state index in [0.29, 0.717) is 24.2 Å². The van der Waals surface area contributed by atoms with Crippen LogP contribution in [-0.4, -0.2) is 30.7 Å². The molecule has 18 heavy (non-hydrogen) atoms. The number of non-ortho nitro benzene ring substituents is 1. The molecule has 1 saturated heterocycles. The van der Waals surface area contributed by atoms with Crippen LogP contribution in [0.1, 0.15) is 0 Å². The van der Waals surface area contributed by atoms with Gasteiger partial charge in [-0.1, -0.05) is 0 Å². The number of hydrogen-bond donors (Lipinski definition) is 0. The first-order valence-electron chi connectivity index (χ1n) is 5.32. The Labute approximate surface area is 112 Å². The third-order valence-electron chi connectivity index (χ3n) is 2.69. The SMILES string of the molecule is N#CC1CN(c2ccc([N+](=O)[O-])cc2Br)CCO1. The van der Waals surface area contributed by atoms with Crippen LogP contribution in [0.2, 0.25) is 0 Å².